The van der Waals surface area contributed by atoms with Crippen LogP contribution in [0.4, 0.5) is 0 Å². The van der Waals surface area contributed by atoms with Gasteiger partial charge in [0.2, 0.25) is 0 Å². The van der Waals surface area contributed by atoms with Crippen LogP contribution in [0.1, 0.15) is 35.1 Å². The molecule has 120 valence electrons. The molecule has 0 spiro atoms. The Kier molecular flexibility index (Phi) is 3.06. The number of hydrogen-bond acceptors (Lipinski definition) is 3. The van der Waals surface area contributed by atoms with Gasteiger partial charge in [0, 0.05) is 6.07 Å². The highest BCUT2D eigenvalue weighted by Gasteiger charge is 2.62. The minimum absolute atomic E-state index is 0.207. The Morgan fingerprint density at radius 2 is 2.17 bits per heavy atom. The molecule has 1 N–H and O–H groups in total. The summed E-state index contributed by atoms with van der Waals surface area (Å²) in [5, 5.41) is 9.35. The highest BCUT2D eigenvalue weighted by atomic mass is 16.4. The maximum Gasteiger partial charge on any atom is 0.315 e. The number of carbonyl (C=O) groups is 1. The second-order valence-electron chi connectivity index (χ2n) is 6.34. The summed E-state index contributed by atoms with van der Waals surface area (Å²) in [6, 6.07) is 9.11. The second kappa shape index (κ2) is 5.03. The summed E-state index contributed by atoms with van der Waals surface area (Å²) in [7, 11) is 0. The Morgan fingerprint density at radius 1 is 1.38 bits per heavy atom. The number of nitrogens with zero attached hydrogens (tertiary/aromatic N) is 2. The third kappa shape index (κ3) is 2.12. The highest BCUT2D eigenvalue weighted by molar-refractivity contribution is 5.84. The van der Waals surface area contributed by atoms with Crippen LogP contribution in [-0.2, 0) is 4.79 Å². The molecule has 0 saturated heterocycles. The van der Waals surface area contributed by atoms with E-state index >= 15 is 0 Å². The van der Waals surface area contributed by atoms with Crippen molar-refractivity contribution < 1.29 is 9.90 Å². The molecule has 2 unspecified atom stereocenters. The molecule has 5 heteroatoms. The summed E-state index contributed by atoms with van der Waals surface area (Å²) in [5.74, 6) is -0.365. The van der Waals surface area contributed by atoms with Crippen molar-refractivity contribution >= 4 is 24.2 Å². The first-order valence-corrected chi connectivity index (χ1v) is 7.81. The average molecular weight is 320 g/mol. The Labute approximate surface area is 138 Å². The molecule has 1 aliphatic heterocycles. The van der Waals surface area contributed by atoms with Gasteiger partial charge in [0.25, 0.3) is 5.56 Å². The van der Waals surface area contributed by atoms with E-state index in [-0.39, 0.29) is 11.6 Å². The Bertz CT molecular complexity index is 971. The van der Waals surface area contributed by atoms with Crippen LogP contribution < -0.4 is 5.56 Å². The highest BCUT2D eigenvalue weighted by Crippen LogP contribution is 2.59. The quantitative estimate of drug-likeness (QED) is 0.944. The van der Waals surface area contributed by atoms with Crippen molar-refractivity contribution in [1.82, 2.24) is 9.55 Å². The van der Waals surface area contributed by atoms with E-state index < -0.39 is 11.4 Å². The Hall–Kier alpha value is -2.95. The first-order chi connectivity index (χ1) is 11.5. The molecule has 0 bridgehead atoms. The molecular formula is C19H16N2O3. The summed E-state index contributed by atoms with van der Waals surface area (Å²) < 4.78 is 1.50. The van der Waals surface area contributed by atoms with E-state index in [1.54, 1.807) is 12.2 Å². The summed E-state index contributed by atoms with van der Waals surface area (Å²) in [6.45, 7) is 2.02. The standard InChI is InChI=1S/C19H16N2O3/c1-12-4-2-3-5-13(12)6-7-14-10-17(22)21-15-11-19(15,18(23)24)9-8-16(21)20-14/h2-10,15H,11H2,1H3,(H,23,24)/b7-6+. The summed E-state index contributed by atoms with van der Waals surface area (Å²) in [6.07, 6.45) is 7.50. The van der Waals surface area contributed by atoms with Gasteiger partial charge in [-0.05, 0) is 36.6 Å². The van der Waals surface area contributed by atoms with E-state index in [0.717, 1.165) is 11.1 Å². The zero-order valence-electron chi connectivity index (χ0n) is 13.1. The van der Waals surface area contributed by atoms with Gasteiger partial charge in [0.05, 0.1) is 11.7 Å². The molecule has 24 heavy (non-hydrogen) atoms. The van der Waals surface area contributed by atoms with Gasteiger partial charge in [-0.15, -0.1) is 0 Å². The van der Waals surface area contributed by atoms with Crippen LogP contribution in [0.15, 0.2) is 41.2 Å². The first-order valence-electron chi connectivity index (χ1n) is 7.81. The van der Waals surface area contributed by atoms with Gasteiger partial charge in [0.1, 0.15) is 11.2 Å². The normalized spacial score (nSPS) is 23.8. The second-order valence-corrected chi connectivity index (χ2v) is 6.34. The number of hydrogen-bond donors (Lipinski definition) is 1. The molecule has 2 heterocycles. The van der Waals surface area contributed by atoms with Gasteiger partial charge in [-0.1, -0.05) is 36.4 Å². The van der Waals surface area contributed by atoms with Crippen LogP contribution in [0.25, 0.3) is 18.2 Å². The van der Waals surface area contributed by atoms with Gasteiger partial charge >= 0.3 is 5.97 Å². The summed E-state index contributed by atoms with van der Waals surface area (Å²) in [5.41, 5.74) is 1.66. The lowest BCUT2D eigenvalue weighted by Gasteiger charge is -2.17. The van der Waals surface area contributed by atoms with Gasteiger partial charge in [-0.3, -0.25) is 14.2 Å². The molecule has 1 saturated carbocycles. The molecule has 0 radical (unpaired) electrons. The van der Waals surface area contributed by atoms with Crippen molar-refractivity contribution in [1.29, 1.82) is 0 Å². The van der Waals surface area contributed by atoms with Crippen LogP contribution in [0.5, 0.6) is 0 Å². The van der Waals surface area contributed by atoms with Crippen LogP contribution >= 0.6 is 0 Å². The fourth-order valence-corrected chi connectivity index (χ4v) is 3.28. The third-order valence-corrected chi connectivity index (χ3v) is 4.83. The largest absolute Gasteiger partial charge is 0.481 e. The lowest BCUT2D eigenvalue weighted by atomic mass is 10.0. The van der Waals surface area contributed by atoms with Gasteiger partial charge in [-0.2, -0.15) is 0 Å². The fraction of sp³-hybridized carbons (Fsp3) is 0.211. The van der Waals surface area contributed by atoms with Crippen molar-refractivity contribution in [2.45, 2.75) is 19.4 Å². The molecule has 1 aromatic carbocycles. The molecular weight excluding hydrogens is 304 g/mol. The van der Waals surface area contributed by atoms with Crippen molar-refractivity contribution in [3.8, 4) is 0 Å². The maximum absolute atomic E-state index is 12.4. The third-order valence-electron chi connectivity index (χ3n) is 4.83. The number of aliphatic carboxylic acids is 1. The summed E-state index contributed by atoms with van der Waals surface area (Å²) in [4.78, 5) is 28.3. The van der Waals surface area contributed by atoms with E-state index in [4.69, 9.17) is 0 Å². The van der Waals surface area contributed by atoms with Gasteiger partial charge in [0.15, 0.2) is 0 Å². The predicted molar refractivity (Wildman–Crippen MR) is 91.4 cm³/mol. The van der Waals surface area contributed by atoms with Crippen LogP contribution in [0.3, 0.4) is 0 Å². The zero-order valence-corrected chi connectivity index (χ0v) is 13.1. The predicted octanol–water partition coefficient (Wildman–Crippen LogP) is 2.76. The number of carboxylic acid groups (broad SMARTS) is 1. The molecule has 2 aliphatic rings. The molecule has 1 aliphatic carbocycles. The molecule has 1 aromatic heterocycles. The SMILES string of the molecule is Cc1ccccc1/C=C/c1cc(=O)n2c(n1)C=CC1(C(=O)O)CC21. The molecule has 2 aromatic rings. The number of carboxylic acids is 1. The number of aryl methyl sites for hydroxylation is 1. The number of rotatable bonds is 3. The Morgan fingerprint density at radius 3 is 2.92 bits per heavy atom. The topological polar surface area (TPSA) is 72.2 Å². The van der Waals surface area contributed by atoms with Crippen LogP contribution in [0.2, 0.25) is 0 Å². The minimum atomic E-state index is -0.920. The molecule has 4 rings (SSSR count). The fourth-order valence-electron chi connectivity index (χ4n) is 3.28. The average Bonchev–Trinajstić information content (AvgIpc) is 3.30. The zero-order chi connectivity index (χ0) is 16.9. The van der Waals surface area contributed by atoms with Crippen molar-refractivity contribution in [3.05, 3.63) is 69.4 Å². The van der Waals surface area contributed by atoms with E-state index in [0.29, 0.717) is 17.9 Å². The summed E-state index contributed by atoms with van der Waals surface area (Å²) >= 11 is 0. The lowest BCUT2D eigenvalue weighted by Crippen LogP contribution is -2.29. The number of aromatic nitrogens is 2. The maximum atomic E-state index is 12.4. The monoisotopic (exact) mass is 320 g/mol. The van der Waals surface area contributed by atoms with Gasteiger partial charge in [-0.25, -0.2) is 4.98 Å². The number of benzene rings is 1. The molecule has 0 amide bonds. The number of fused-ring (bicyclic) bond motifs is 3. The molecule has 2 atom stereocenters. The smallest absolute Gasteiger partial charge is 0.315 e. The van der Waals surface area contributed by atoms with Crippen LogP contribution in [0, 0.1) is 12.3 Å². The van der Waals surface area contributed by atoms with Gasteiger partial charge < -0.3 is 5.11 Å². The molecule has 1 fully saturated rings. The van der Waals surface area contributed by atoms with Crippen molar-refractivity contribution in [3.63, 3.8) is 0 Å². The van der Waals surface area contributed by atoms with E-state index in [1.807, 2.05) is 43.3 Å². The lowest BCUT2D eigenvalue weighted by molar-refractivity contribution is -0.141. The van der Waals surface area contributed by atoms with E-state index in [9.17, 15) is 14.7 Å². The Balaban J connectivity index is 1.70. The van der Waals surface area contributed by atoms with Crippen LogP contribution in [-0.4, -0.2) is 20.6 Å². The van der Waals surface area contributed by atoms with E-state index in [1.165, 1.54) is 10.6 Å². The first kappa shape index (κ1) is 14.6. The molecule has 5 nitrogen and oxygen atoms in total. The minimum Gasteiger partial charge on any atom is -0.481 e. The van der Waals surface area contributed by atoms with E-state index in [2.05, 4.69) is 4.98 Å². The van der Waals surface area contributed by atoms with Crippen molar-refractivity contribution in [2.24, 2.45) is 5.41 Å². The van der Waals surface area contributed by atoms with Crippen molar-refractivity contribution in [2.75, 3.05) is 0 Å².